The van der Waals surface area contributed by atoms with Crippen LogP contribution in [0.4, 0.5) is 5.69 Å². The fraction of sp³-hybridized carbons (Fsp3) is 0.588. The Bertz CT molecular complexity index is 658. The van der Waals surface area contributed by atoms with Crippen LogP contribution in [0.1, 0.15) is 37.5 Å². The molecule has 1 aromatic carbocycles. The molecule has 0 aromatic heterocycles. The minimum absolute atomic E-state index is 0.0101. The molecule has 0 aliphatic heterocycles. The van der Waals surface area contributed by atoms with Gasteiger partial charge < -0.3 is 5.32 Å². The van der Waals surface area contributed by atoms with Crippen LogP contribution in [0.5, 0.6) is 0 Å². The Balaban J connectivity index is 3.16. The molecule has 0 spiro atoms. The highest BCUT2D eigenvalue weighted by atomic mass is 32.2. The SMILES string of the molecule is Cc1cc(C)c(N(CC(=O)NC(C)C(C)C)S(C)(=O)=O)c(C)c1. The smallest absolute Gasteiger partial charge is 0.240 e. The van der Waals surface area contributed by atoms with Crippen molar-refractivity contribution in [2.24, 2.45) is 5.92 Å². The molecule has 1 N–H and O–H groups in total. The minimum atomic E-state index is -3.55. The number of anilines is 1. The Morgan fingerprint density at radius 2 is 1.61 bits per heavy atom. The van der Waals surface area contributed by atoms with Crippen LogP contribution < -0.4 is 9.62 Å². The van der Waals surface area contributed by atoms with Gasteiger partial charge >= 0.3 is 0 Å². The number of sulfonamides is 1. The minimum Gasteiger partial charge on any atom is -0.352 e. The van der Waals surface area contributed by atoms with Crippen molar-refractivity contribution in [2.75, 3.05) is 17.1 Å². The topological polar surface area (TPSA) is 66.5 Å². The number of carbonyl (C=O) groups is 1. The molecule has 0 aliphatic rings. The van der Waals surface area contributed by atoms with Gasteiger partial charge in [-0.05, 0) is 44.7 Å². The van der Waals surface area contributed by atoms with Crippen molar-refractivity contribution in [3.63, 3.8) is 0 Å². The Morgan fingerprint density at radius 3 is 2.00 bits per heavy atom. The number of benzene rings is 1. The molecule has 0 fully saturated rings. The second-order valence-electron chi connectivity index (χ2n) is 6.62. The van der Waals surface area contributed by atoms with Crippen LogP contribution in [0.25, 0.3) is 0 Å². The first-order valence-electron chi connectivity index (χ1n) is 7.78. The van der Waals surface area contributed by atoms with E-state index in [2.05, 4.69) is 5.32 Å². The van der Waals surface area contributed by atoms with Crippen molar-refractivity contribution in [1.29, 1.82) is 0 Å². The predicted octanol–water partition coefficient (Wildman–Crippen LogP) is 2.54. The predicted molar refractivity (Wildman–Crippen MR) is 95.3 cm³/mol. The zero-order valence-corrected chi connectivity index (χ0v) is 15.9. The first kappa shape index (κ1) is 19.5. The molecule has 1 unspecified atom stereocenters. The van der Waals surface area contributed by atoms with Crippen LogP contribution in [-0.2, 0) is 14.8 Å². The molecule has 5 nitrogen and oxygen atoms in total. The molecule has 0 aliphatic carbocycles. The van der Waals surface area contributed by atoms with Gasteiger partial charge in [0, 0.05) is 6.04 Å². The summed E-state index contributed by atoms with van der Waals surface area (Å²) in [5.74, 6) is -0.00974. The highest BCUT2D eigenvalue weighted by Gasteiger charge is 2.25. The molecule has 1 aromatic rings. The molecule has 0 bridgehead atoms. The molecule has 0 saturated heterocycles. The highest BCUT2D eigenvalue weighted by Crippen LogP contribution is 2.28. The Hall–Kier alpha value is -1.56. The molecular weight excluding hydrogens is 312 g/mol. The molecule has 0 heterocycles. The number of aryl methyl sites for hydroxylation is 3. The second-order valence-corrected chi connectivity index (χ2v) is 8.52. The van der Waals surface area contributed by atoms with Crippen LogP contribution in [0, 0.1) is 26.7 Å². The summed E-state index contributed by atoms with van der Waals surface area (Å²) >= 11 is 0. The number of carbonyl (C=O) groups excluding carboxylic acids is 1. The van der Waals surface area contributed by atoms with Crippen LogP contribution >= 0.6 is 0 Å². The van der Waals surface area contributed by atoms with E-state index in [1.807, 2.05) is 53.7 Å². The number of hydrogen-bond donors (Lipinski definition) is 1. The van der Waals surface area contributed by atoms with Crippen molar-refractivity contribution in [2.45, 2.75) is 47.6 Å². The standard InChI is InChI=1S/C17H28N2O3S/c1-11(2)15(6)18-16(20)10-19(23(7,21)22)17-13(4)8-12(3)9-14(17)5/h8-9,11,15H,10H2,1-7H3,(H,18,20). The van der Waals surface area contributed by atoms with Crippen molar-refractivity contribution in [3.05, 3.63) is 28.8 Å². The second kappa shape index (κ2) is 7.34. The van der Waals surface area contributed by atoms with Crippen molar-refractivity contribution in [3.8, 4) is 0 Å². The first-order chi connectivity index (χ1) is 10.4. The Kier molecular flexibility index (Phi) is 6.22. The van der Waals surface area contributed by atoms with Crippen LogP contribution in [-0.4, -0.2) is 33.2 Å². The largest absolute Gasteiger partial charge is 0.352 e. The zero-order chi connectivity index (χ0) is 17.9. The molecule has 6 heteroatoms. The summed E-state index contributed by atoms with van der Waals surface area (Å²) in [6.07, 6.45) is 1.13. The number of hydrogen-bond acceptors (Lipinski definition) is 3. The molecule has 1 atom stereocenters. The van der Waals surface area contributed by atoms with E-state index in [0.717, 1.165) is 22.9 Å². The summed E-state index contributed by atoms with van der Waals surface area (Å²) in [5.41, 5.74) is 3.34. The number of rotatable bonds is 6. The van der Waals surface area contributed by atoms with Gasteiger partial charge in [0.15, 0.2) is 0 Å². The lowest BCUT2D eigenvalue weighted by atomic mass is 10.0. The zero-order valence-electron chi connectivity index (χ0n) is 15.1. The maximum atomic E-state index is 12.3. The summed E-state index contributed by atoms with van der Waals surface area (Å²) < 4.78 is 25.6. The van der Waals surface area contributed by atoms with Gasteiger partial charge in [-0.1, -0.05) is 31.5 Å². The van der Waals surface area contributed by atoms with E-state index in [9.17, 15) is 13.2 Å². The molecule has 0 saturated carbocycles. The van der Waals surface area contributed by atoms with E-state index in [1.54, 1.807) is 0 Å². The van der Waals surface area contributed by atoms with Crippen LogP contribution in [0.2, 0.25) is 0 Å². The third-order valence-corrected chi connectivity index (χ3v) is 5.07. The van der Waals surface area contributed by atoms with Crippen molar-refractivity contribution in [1.82, 2.24) is 5.32 Å². The van der Waals surface area contributed by atoms with E-state index < -0.39 is 10.0 Å². The summed E-state index contributed by atoms with van der Waals surface area (Å²) in [6.45, 7) is 11.4. The van der Waals surface area contributed by atoms with Gasteiger partial charge in [-0.2, -0.15) is 0 Å². The van der Waals surface area contributed by atoms with Gasteiger partial charge in [0.05, 0.1) is 11.9 Å². The average molecular weight is 340 g/mol. The number of nitrogens with zero attached hydrogens (tertiary/aromatic N) is 1. The normalized spacial score (nSPS) is 13.0. The van der Waals surface area contributed by atoms with E-state index in [4.69, 9.17) is 0 Å². The molecular formula is C17H28N2O3S. The van der Waals surface area contributed by atoms with E-state index in [0.29, 0.717) is 5.69 Å². The number of amides is 1. The maximum absolute atomic E-state index is 12.3. The fourth-order valence-corrected chi connectivity index (χ4v) is 3.50. The van der Waals surface area contributed by atoms with Crippen molar-refractivity contribution >= 4 is 21.6 Å². The van der Waals surface area contributed by atoms with Crippen molar-refractivity contribution < 1.29 is 13.2 Å². The molecule has 23 heavy (non-hydrogen) atoms. The van der Waals surface area contributed by atoms with Gasteiger partial charge in [0.2, 0.25) is 15.9 Å². The maximum Gasteiger partial charge on any atom is 0.240 e. The lowest BCUT2D eigenvalue weighted by Gasteiger charge is -2.27. The van der Waals surface area contributed by atoms with Crippen LogP contribution in [0.15, 0.2) is 12.1 Å². The molecule has 130 valence electrons. The summed E-state index contributed by atoms with van der Waals surface area (Å²) in [4.78, 5) is 12.3. The first-order valence-corrected chi connectivity index (χ1v) is 9.63. The molecule has 0 radical (unpaired) electrons. The lowest BCUT2D eigenvalue weighted by Crippen LogP contribution is -2.45. The van der Waals surface area contributed by atoms with Gasteiger partial charge in [-0.25, -0.2) is 8.42 Å². The Labute approximate surface area is 140 Å². The third kappa shape index (κ3) is 5.23. The molecule has 1 rings (SSSR count). The van der Waals surface area contributed by atoms with E-state index >= 15 is 0 Å². The Morgan fingerprint density at radius 1 is 1.13 bits per heavy atom. The molecule has 1 amide bonds. The lowest BCUT2D eigenvalue weighted by molar-refractivity contribution is -0.120. The summed E-state index contributed by atoms with van der Waals surface area (Å²) in [7, 11) is -3.55. The van der Waals surface area contributed by atoms with Gasteiger partial charge in [0.1, 0.15) is 6.54 Å². The van der Waals surface area contributed by atoms with Crippen LogP contribution in [0.3, 0.4) is 0 Å². The van der Waals surface area contributed by atoms with E-state index in [-0.39, 0.29) is 24.4 Å². The summed E-state index contributed by atoms with van der Waals surface area (Å²) in [6, 6.07) is 3.84. The van der Waals surface area contributed by atoms with Gasteiger partial charge in [-0.15, -0.1) is 0 Å². The fourth-order valence-electron chi connectivity index (χ4n) is 2.52. The average Bonchev–Trinajstić information content (AvgIpc) is 2.34. The quantitative estimate of drug-likeness (QED) is 0.865. The monoisotopic (exact) mass is 340 g/mol. The highest BCUT2D eigenvalue weighted by molar-refractivity contribution is 7.92. The van der Waals surface area contributed by atoms with Gasteiger partial charge in [-0.3, -0.25) is 9.10 Å². The number of nitrogens with one attached hydrogen (secondary N) is 1. The third-order valence-electron chi connectivity index (χ3n) is 3.96. The van der Waals surface area contributed by atoms with E-state index in [1.165, 1.54) is 4.31 Å². The summed E-state index contributed by atoms with van der Waals surface area (Å²) in [5, 5.41) is 2.86. The van der Waals surface area contributed by atoms with Gasteiger partial charge in [0.25, 0.3) is 0 Å².